The summed E-state index contributed by atoms with van der Waals surface area (Å²) in [6.07, 6.45) is 3.98. The van der Waals surface area contributed by atoms with Crippen LogP contribution in [0.3, 0.4) is 0 Å². The summed E-state index contributed by atoms with van der Waals surface area (Å²) in [5.74, 6) is 0.972. The Kier molecular flexibility index (Phi) is 6.25. The lowest BCUT2D eigenvalue weighted by Crippen LogP contribution is -2.43. The number of carbonyl (C=O) groups is 1. The summed E-state index contributed by atoms with van der Waals surface area (Å²) in [5.41, 5.74) is 2.10. The van der Waals surface area contributed by atoms with Crippen LogP contribution in [0.2, 0.25) is 0 Å². The molecule has 0 radical (unpaired) electrons. The summed E-state index contributed by atoms with van der Waals surface area (Å²) in [5, 5.41) is 3.18. The molecule has 22 heavy (non-hydrogen) atoms. The average Bonchev–Trinajstić information content (AvgIpc) is 2.99. The summed E-state index contributed by atoms with van der Waals surface area (Å²) < 4.78 is 5.26. The van der Waals surface area contributed by atoms with Crippen LogP contribution in [0.1, 0.15) is 37.3 Å². The van der Waals surface area contributed by atoms with Crippen molar-refractivity contribution in [3.05, 3.63) is 29.3 Å². The molecular formula is C18H28N2O2. The Bertz CT molecular complexity index is 496. The van der Waals surface area contributed by atoms with Crippen LogP contribution in [-0.4, -0.2) is 43.6 Å². The fourth-order valence-corrected chi connectivity index (χ4v) is 3.07. The number of rotatable bonds is 7. The molecule has 0 aromatic heterocycles. The van der Waals surface area contributed by atoms with Gasteiger partial charge in [-0.3, -0.25) is 4.79 Å². The van der Waals surface area contributed by atoms with Crippen molar-refractivity contribution in [1.29, 1.82) is 0 Å². The van der Waals surface area contributed by atoms with Gasteiger partial charge < -0.3 is 15.0 Å². The molecule has 1 heterocycles. The minimum Gasteiger partial charge on any atom is -0.496 e. The van der Waals surface area contributed by atoms with E-state index >= 15 is 0 Å². The average molecular weight is 304 g/mol. The van der Waals surface area contributed by atoms with Crippen molar-refractivity contribution in [3.63, 3.8) is 0 Å². The number of carbonyl (C=O) groups excluding carboxylic acids is 1. The van der Waals surface area contributed by atoms with Gasteiger partial charge in [-0.2, -0.15) is 0 Å². The van der Waals surface area contributed by atoms with E-state index in [1.807, 2.05) is 25.1 Å². The second-order valence-electron chi connectivity index (χ2n) is 6.16. The zero-order chi connectivity index (χ0) is 15.9. The maximum Gasteiger partial charge on any atom is 0.224 e. The number of hydrogen-bond acceptors (Lipinski definition) is 3. The monoisotopic (exact) mass is 304 g/mol. The van der Waals surface area contributed by atoms with Gasteiger partial charge in [0.05, 0.1) is 13.5 Å². The van der Waals surface area contributed by atoms with Crippen LogP contribution in [-0.2, 0) is 11.2 Å². The topological polar surface area (TPSA) is 41.6 Å². The summed E-state index contributed by atoms with van der Waals surface area (Å²) in [7, 11) is 1.67. The maximum atomic E-state index is 12.3. The second-order valence-corrected chi connectivity index (χ2v) is 6.16. The van der Waals surface area contributed by atoms with Gasteiger partial charge in [-0.05, 0) is 56.5 Å². The molecule has 0 saturated carbocycles. The molecule has 0 spiro atoms. The second kappa shape index (κ2) is 8.18. The van der Waals surface area contributed by atoms with Crippen molar-refractivity contribution in [3.8, 4) is 5.75 Å². The first kappa shape index (κ1) is 16.8. The van der Waals surface area contributed by atoms with E-state index in [1.165, 1.54) is 25.9 Å². The first-order valence-electron chi connectivity index (χ1n) is 8.27. The predicted octanol–water partition coefficient (Wildman–Crippen LogP) is 2.54. The van der Waals surface area contributed by atoms with Gasteiger partial charge in [0.2, 0.25) is 5.91 Å². The molecule has 2 rings (SSSR count). The minimum absolute atomic E-state index is 0.107. The van der Waals surface area contributed by atoms with Crippen molar-refractivity contribution in [1.82, 2.24) is 10.2 Å². The van der Waals surface area contributed by atoms with E-state index in [2.05, 4.69) is 17.1 Å². The van der Waals surface area contributed by atoms with Gasteiger partial charge in [-0.25, -0.2) is 0 Å². The number of likely N-dealkylation sites (tertiary alicyclic amines) is 1. The van der Waals surface area contributed by atoms with Gasteiger partial charge in [0, 0.05) is 12.6 Å². The fourth-order valence-electron chi connectivity index (χ4n) is 3.07. The summed E-state index contributed by atoms with van der Waals surface area (Å²) in [6, 6.07) is 6.18. The number of benzene rings is 1. The molecule has 1 aliphatic rings. The molecule has 1 saturated heterocycles. The van der Waals surface area contributed by atoms with Crippen LogP contribution in [0, 0.1) is 6.92 Å². The van der Waals surface area contributed by atoms with Crippen LogP contribution in [0.25, 0.3) is 0 Å². The van der Waals surface area contributed by atoms with Gasteiger partial charge >= 0.3 is 0 Å². The van der Waals surface area contributed by atoms with Gasteiger partial charge in [0.15, 0.2) is 0 Å². The number of methoxy groups -OCH3 is 1. The Morgan fingerprint density at radius 1 is 1.36 bits per heavy atom. The van der Waals surface area contributed by atoms with Gasteiger partial charge in [0.1, 0.15) is 5.75 Å². The molecule has 0 unspecified atom stereocenters. The van der Waals surface area contributed by atoms with E-state index in [-0.39, 0.29) is 11.9 Å². The number of aryl methyl sites for hydroxylation is 1. The Morgan fingerprint density at radius 3 is 2.68 bits per heavy atom. The molecule has 1 aromatic carbocycles. The smallest absolute Gasteiger partial charge is 0.224 e. The lowest BCUT2D eigenvalue weighted by molar-refractivity contribution is -0.121. The van der Waals surface area contributed by atoms with Crippen LogP contribution < -0.4 is 10.1 Å². The first-order chi connectivity index (χ1) is 10.6. The first-order valence-corrected chi connectivity index (χ1v) is 8.27. The van der Waals surface area contributed by atoms with Crippen molar-refractivity contribution in [2.75, 3.05) is 26.7 Å². The minimum atomic E-state index is 0.107. The largest absolute Gasteiger partial charge is 0.496 e. The third-order valence-electron chi connectivity index (χ3n) is 4.36. The van der Waals surface area contributed by atoms with Gasteiger partial charge in [0.25, 0.3) is 0 Å². The number of hydrogen-bond donors (Lipinski definition) is 1. The lowest BCUT2D eigenvalue weighted by Gasteiger charge is -2.23. The van der Waals surface area contributed by atoms with Crippen molar-refractivity contribution in [2.24, 2.45) is 0 Å². The highest BCUT2D eigenvalue weighted by Gasteiger charge is 2.18. The fraction of sp³-hybridized carbons (Fsp3) is 0.611. The molecule has 1 amide bonds. The van der Waals surface area contributed by atoms with E-state index < -0.39 is 0 Å². The van der Waals surface area contributed by atoms with Crippen LogP contribution in [0.4, 0.5) is 0 Å². The standard InChI is InChI=1S/C18H28N2O2/c1-4-16(13-20-9-5-6-10-20)19-18(21)12-15-7-8-17(22-3)14(2)11-15/h7-8,11,16H,4-6,9-10,12-13H2,1-3H3,(H,19,21)/t16-/m0/s1. The molecular weight excluding hydrogens is 276 g/mol. The summed E-state index contributed by atoms with van der Waals surface area (Å²) in [4.78, 5) is 14.7. The highest BCUT2D eigenvalue weighted by molar-refractivity contribution is 5.79. The van der Waals surface area contributed by atoms with Gasteiger partial charge in [-0.15, -0.1) is 0 Å². The molecule has 1 aromatic rings. The molecule has 0 aliphatic carbocycles. The Labute approximate surface area is 133 Å². The number of ether oxygens (including phenoxy) is 1. The van der Waals surface area contributed by atoms with E-state index in [1.54, 1.807) is 7.11 Å². The summed E-state index contributed by atoms with van der Waals surface area (Å²) in [6.45, 7) is 7.46. The third kappa shape index (κ3) is 4.73. The van der Waals surface area contributed by atoms with E-state index in [0.29, 0.717) is 6.42 Å². The quantitative estimate of drug-likeness (QED) is 0.841. The zero-order valence-corrected chi connectivity index (χ0v) is 14.0. The Balaban J connectivity index is 1.86. The highest BCUT2D eigenvalue weighted by atomic mass is 16.5. The lowest BCUT2D eigenvalue weighted by atomic mass is 10.1. The van der Waals surface area contributed by atoms with Crippen molar-refractivity contribution in [2.45, 2.75) is 45.6 Å². The molecule has 1 fully saturated rings. The Hall–Kier alpha value is -1.55. The van der Waals surface area contributed by atoms with Crippen molar-refractivity contribution >= 4 is 5.91 Å². The molecule has 1 atom stereocenters. The van der Waals surface area contributed by atoms with Crippen LogP contribution in [0.5, 0.6) is 5.75 Å². The normalized spacial score (nSPS) is 16.5. The van der Waals surface area contributed by atoms with Crippen molar-refractivity contribution < 1.29 is 9.53 Å². The Morgan fingerprint density at radius 2 is 2.09 bits per heavy atom. The molecule has 4 heteroatoms. The van der Waals surface area contributed by atoms with E-state index in [0.717, 1.165) is 29.8 Å². The molecule has 4 nitrogen and oxygen atoms in total. The zero-order valence-electron chi connectivity index (χ0n) is 14.0. The van der Waals surface area contributed by atoms with E-state index in [4.69, 9.17) is 4.74 Å². The SMILES string of the molecule is CC[C@@H](CN1CCCC1)NC(=O)Cc1ccc(OC)c(C)c1. The third-order valence-corrected chi connectivity index (χ3v) is 4.36. The number of nitrogens with zero attached hydrogens (tertiary/aromatic N) is 1. The molecule has 0 bridgehead atoms. The van der Waals surface area contributed by atoms with Crippen LogP contribution >= 0.6 is 0 Å². The summed E-state index contributed by atoms with van der Waals surface area (Å²) >= 11 is 0. The predicted molar refractivity (Wildman–Crippen MR) is 89.3 cm³/mol. The number of nitrogens with one attached hydrogen (secondary N) is 1. The highest BCUT2D eigenvalue weighted by Crippen LogP contribution is 2.18. The van der Waals surface area contributed by atoms with E-state index in [9.17, 15) is 4.79 Å². The van der Waals surface area contributed by atoms with Crippen LogP contribution in [0.15, 0.2) is 18.2 Å². The molecule has 1 N–H and O–H groups in total. The maximum absolute atomic E-state index is 12.3. The van der Waals surface area contributed by atoms with Gasteiger partial charge in [-0.1, -0.05) is 19.1 Å². The molecule has 122 valence electrons. The molecule has 1 aliphatic heterocycles. The number of amides is 1.